The van der Waals surface area contributed by atoms with Gasteiger partial charge in [-0.05, 0) is 28.8 Å². The third kappa shape index (κ3) is 3.45. The maximum Gasteiger partial charge on any atom is 0.397 e. The first-order valence-corrected chi connectivity index (χ1v) is 10.5. The number of rotatable bonds is 7. The van der Waals surface area contributed by atoms with Crippen LogP contribution in [0.15, 0.2) is 84.9 Å². The quantitative estimate of drug-likeness (QED) is 0.368. The summed E-state index contributed by atoms with van der Waals surface area (Å²) in [6.45, 7) is 0. The average molecular weight is 415 g/mol. The lowest BCUT2D eigenvalue weighted by molar-refractivity contribution is -0.116. The molecule has 0 saturated heterocycles. The van der Waals surface area contributed by atoms with E-state index in [0.717, 1.165) is 0 Å². The highest BCUT2D eigenvalue weighted by molar-refractivity contribution is 7.72. The first-order chi connectivity index (χ1) is 13.5. The van der Waals surface area contributed by atoms with E-state index in [9.17, 15) is 9.36 Å². The Labute approximate surface area is 169 Å². The Hall–Kier alpha value is -2.23. The molecule has 0 saturated carbocycles. The van der Waals surface area contributed by atoms with Crippen LogP contribution in [-0.2, 0) is 23.8 Å². The highest BCUT2D eigenvalue weighted by atomic mass is 35.5. The van der Waals surface area contributed by atoms with E-state index in [1.54, 1.807) is 24.3 Å². The fraction of sp³-hybridized carbons (Fsp3) is 0.136. The van der Waals surface area contributed by atoms with E-state index in [4.69, 9.17) is 20.6 Å². The minimum Gasteiger partial charge on any atom is -0.307 e. The second-order valence-electron chi connectivity index (χ2n) is 6.16. The Morgan fingerprint density at radius 3 is 1.54 bits per heavy atom. The minimum absolute atomic E-state index is 0.535. The molecule has 0 fully saturated rings. The highest BCUT2D eigenvalue weighted by Gasteiger charge is 2.53. The van der Waals surface area contributed by atoms with Crippen LogP contribution in [0.2, 0.25) is 5.02 Å². The SMILES string of the molecule is COP(=O)(OC)C(=O)C(c1ccccc1)(c1ccccc1)c1ccc(Cl)cc1. The van der Waals surface area contributed by atoms with Crippen molar-refractivity contribution in [3.8, 4) is 0 Å². The first kappa shape index (κ1) is 20.5. The van der Waals surface area contributed by atoms with Crippen LogP contribution in [0.1, 0.15) is 16.7 Å². The third-order valence-corrected chi connectivity index (χ3v) is 6.79. The molecule has 0 heterocycles. The van der Waals surface area contributed by atoms with Gasteiger partial charge in [0.15, 0.2) is 0 Å². The largest absolute Gasteiger partial charge is 0.397 e. The Bertz CT molecular complexity index is 941. The molecule has 28 heavy (non-hydrogen) atoms. The molecular weight excluding hydrogens is 395 g/mol. The van der Waals surface area contributed by atoms with Crippen LogP contribution >= 0.6 is 19.2 Å². The van der Waals surface area contributed by atoms with Gasteiger partial charge in [0.05, 0.1) is 0 Å². The monoisotopic (exact) mass is 414 g/mol. The second-order valence-corrected chi connectivity index (χ2v) is 8.72. The molecule has 3 aromatic rings. The van der Waals surface area contributed by atoms with Crippen molar-refractivity contribution in [1.82, 2.24) is 0 Å². The van der Waals surface area contributed by atoms with Crippen molar-refractivity contribution in [3.05, 3.63) is 107 Å². The van der Waals surface area contributed by atoms with Crippen molar-refractivity contribution in [3.63, 3.8) is 0 Å². The molecule has 0 unspecified atom stereocenters. The molecule has 0 N–H and O–H groups in total. The second kappa shape index (κ2) is 8.42. The maximum absolute atomic E-state index is 13.9. The predicted molar refractivity (Wildman–Crippen MR) is 111 cm³/mol. The molecule has 0 bridgehead atoms. The molecule has 0 spiro atoms. The number of carbonyl (C=O) groups excluding carboxylic acids is 1. The maximum atomic E-state index is 13.9. The van der Waals surface area contributed by atoms with Crippen molar-refractivity contribution < 1.29 is 18.4 Å². The number of hydrogen-bond donors (Lipinski definition) is 0. The van der Waals surface area contributed by atoms with Crippen LogP contribution in [0.5, 0.6) is 0 Å². The number of halogens is 1. The zero-order chi connectivity index (χ0) is 20.2. The van der Waals surface area contributed by atoms with Gasteiger partial charge in [-0.2, -0.15) is 0 Å². The average Bonchev–Trinajstić information content (AvgIpc) is 2.76. The summed E-state index contributed by atoms with van der Waals surface area (Å²) in [6.07, 6.45) is 0. The van der Waals surface area contributed by atoms with Gasteiger partial charge in [-0.15, -0.1) is 0 Å². The molecule has 0 aliphatic heterocycles. The molecule has 6 heteroatoms. The fourth-order valence-electron chi connectivity index (χ4n) is 3.39. The van der Waals surface area contributed by atoms with E-state index in [0.29, 0.717) is 21.7 Å². The summed E-state index contributed by atoms with van der Waals surface area (Å²) in [5.41, 5.74) is -0.127. The minimum atomic E-state index is -4.07. The molecule has 0 radical (unpaired) electrons. The predicted octanol–water partition coefficient (Wildman–Crippen LogP) is 5.69. The number of hydrogen-bond acceptors (Lipinski definition) is 4. The Kier molecular flexibility index (Phi) is 6.17. The lowest BCUT2D eigenvalue weighted by atomic mass is 9.70. The van der Waals surface area contributed by atoms with E-state index < -0.39 is 18.5 Å². The van der Waals surface area contributed by atoms with E-state index in [1.807, 2.05) is 60.7 Å². The lowest BCUT2D eigenvalue weighted by Crippen LogP contribution is -2.39. The van der Waals surface area contributed by atoms with Crippen LogP contribution in [0.25, 0.3) is 0 Å². The normalized spacial score (nSPS) is 12.0. The van der Waals surface area contributed by atoms with E-state index in [2.05, 4.69) is 0 Å². The number of benzene rings is 3. The summed E-state index contributed by atoms with van der Waals surface area (Å²) in [5, 5.41) is 0.535. The highest BCUT2D eigenvalue weighted by Crippen LogP contribution is 2.57. The van der Waals surface area contributed by atoms with Gasteiger partial charge in [-0.1, -0.05) is 84.4 Å². The van der Waals surface area contributed by atoms with E-state index in [1.165, 1.54) is 14.2 Å². The molecular formula is C22H20ClO4P. The van der Waals surface area contributed by atoms with Crippen LogP contribution < -0.4 is 0 Å². The third-order valence-electron chi connectivity index (χ3n) is 4.74. The van der Waals surface area contributed by atoms with Crippen LogP contribution in [0.4, 0.5) is 0 Å². The van der Waals surface area contributed by atoms with Gasteiger partial charge in [-0.3, -0.25) is 9.36 Å². The smallest absolute Gasteiger partial charge is 0.307 e. The van der Waals surface area contributed by atoms with Crippen molar-refractivity contribution in [2.45, 2.75) is 5.41 Å². The van der Waals surface area contributed by atoms with Gasteiger partial charge in [-0.25, -0.2) is 0 Å². The molecule has 144 valence electrons. The summed E-state index contributed by atoms with van der Waals surface area (Å²) < 4.78 is 23.5. The zero-order valence-corrected chi connectivity index (χ0v) is 17.2. The molecule has 0 aliphatic rings. The Balaban J connectivity index is 2.44. The molecule has 0 atom stereocenters. The standard InChI is InChI=1S/C22H20ClO4P/c1-26-28(25,27-2)21(24)22(17-9-5-3-6-10-17,18-11-7-4-8-12-18)19-13-15-20(23)16-14-19/h3-16H,1-2H3. The van der Waals surface area contributed by atoms with E-state index in [-0.39, 0.29) is 0 Å². The van der Waals surface area contributed by atoms with Gasteiger partial charge >= 0.3 is 7.60 Å². The fourth-order valence-corrected chi connectivity index (χ4v) is 4.80. The Morgan fingerprint density at radius 1 is 0.750 bits per heavy atom. The van der Waals surface area contributed by atoms with Crippen LogP contribution in [0, 0.1) is 0 Å². The summed E-state index contributed by atoms with van der Waals surface area (Å²) >= 11 is 6.09. The molecule has 3 aromatic carbocycles. The summed E-state index contributed by atoms with van der Waals surface area (Å²) in [6, 6.07) is 25.3. The van der Waals surface area contributed by atoms with Crippen LogP contribution in [0.3, 0.4) is 0 Å². The molecule has 0 aromatic heterocycles. The van der Waals surface area contributed by atoms with Gasteiger partial charge in [0.1, 0.15) is 5.41 Å². The molecule has 0 aliphatic carbocycles. The van der Waals surface area contributed by atoms with Gasteiger partial charge in [0, 0.05) is 19.2 Å². The number of carbonyl (C=O) groups is 1. The van der Waals surface area contributed by atoms with Crippen molar-refractivity contribution >= 4 is 24.7 Å². The van der Waals surface area contributed by atoms with Crippen molar-refractivity contribution in [1.29, 1.82) is 0 Å². The summed E-state index contributed by atoms with van der Waals surface area (Å²) in [7, 11) is -1.65. The van der Waals surface area contributed by atoms with Gasteiger partial charge in [0.25, 0.3) is 5.52 Å². The Morgan fingerprint density at radius 2 is 1.14 bits per heavy atom. The molecule has 0 amide bonds. The van der Waals surface area contributed by atoms with Crippen molar-refractivity contribution in [2.75, 3.05) is 14.2 Å². The first-order valence-electron chi connectivity index (χ1n) is 8.62. The summed E-state index contributed by atoms with van der Waals surface area (Å²) in [5.74, 6) is 0. The molecule has 4 nitrogen and oxygen atoms in total. The summed E-state index contributed by atoms with van der Waals surface area (Å²) in [4.78, 5) is 13.9. The molecule has 3 rings (SSSR count). The van der Waals surface area contributed by atoms with Crippen molar-refractivity contribution in [2.24, 2.45) is 0 Å². The van der Waals surface area contributed by atoms with Gasteiger partial charge < -0.3 is 9.05 Å². The lowest BCUT2D eigenvalue weighted by Gasteiger charge is -2.35. The van der Waals surface area contributed by atoms with Crippen LogP contribution in [-0.4, -0.2) is 19.7 Å². The topological polar surface area (TPSA) is 52.6 Å². The van der Waals surface area contributed by atoms with E-state index >= 15 is 0 Å². The van der Waals surface area contributed by atoms with Gasteiger partial charge in [0.2, 0.25) is 0 Å². The zero-order valence-electron chi connectivity index (χ0n) is 15.5.